The van der Waals surface area contributed by atoms with Gasteiger partial charge in [0.25, 0.3) is 0 Å². The number of hydrogen-bond acceptors (Lipinski definition) is 3. The number of carbonyl (C=O) groups excluding carboxylic acids is 1. The second-order valence-corrected chi connectivity index (χ2v) is 5.63. The summed E-state index contributed by atoms with van der Waals surface area (Å²) in [4.78, 5) is 11.6. The van der Waals surface area contributed by atoms with Crippen LogP contribution in [0.2, 0.25) is 0 Å². The van der Waals surface area contributed by atoms with E-state index in [9.17, 15) is 10.0 Å². The lowest BCUT2D eigenvalue weighted by atomic mass is 9.74. The lowest BCUT2D eigenvalue weighted by Gasteiger charge is -2.59. The van der Waals surface area contributed by atoms with Crippen LogP contribution in [0.5, 0.6) is 0 Å². The van der Waals surface area contributed by atoms with E-state index in [0.29, 0.717) is 12.8 Å². The Morgan fingerprint density at radius 3 is 2.07 bits per heavy atom. The van der Waals surface area contributed by atoms with Crippen molar-refractivity contribution in [3.63, 3.8) is 0 Å². The number of nitrogens with zero attached hydrogens (tertiary/aromatic N) is 1. The van der Waals surface area contributed by atoms with E-state index in [1.165, 1.54) is 6.08 Å². The van der Waals surface area contributed by atoms with Gasteiger partial charge in [-0.3, -0.25) is 4.79 Å². The summed E-state index contributed by atoms with van der Waals surface area (Å²) in [5, 5.41) is 13.1. The van der Waals surface area contributed by atoms with E-state index in [2.05, 4.69) is 6.58 Å². The van der Waals surface area contributed by atoms with Gasteiger partial charge >= 0.3 is 0 Å². The van der Waals surface area contributed by atoms with Crippen molar-refractivity contribution >= 4 is 5.78 Å². The fraction of sp³-hybridized carbons (Fsp3) is 0.750. The van der Waals surface area contributed by atoms with Gasteiger partial charge in [0, 0.05) is 17.0 Å². The molecule has 0 saturated carbocycles. The number of hydrogen-bond donors (Lipinski definition) is 0. The Morgan fingerprint density at radius 2 is 1.73 bits per heavy atom. The molecular weight excluding hydrogens is 190 g/mol. The predicted molar refractivity (Wildman–Crippen MR) is 61.3 cm³/mol. The normalized spacial score (nSPS) is 26.2. The van der Waals surface area contributed by atoms with Gasteiger partial charge in [-0.2, -0.15) is 0 Å². The second kappa shape index (κ2) is 3.72. The molecule has 0 bridgehead atoms. The van der Waals surface area contributed by atoms with E-state index < -0.39 is 11.1 Å². The fourth-order valence-electron chi connectivity index (χ4n) is 2.63. The quantitative estimate of drug-likeness (QED) is 0.658. The molecule has 3 heteroatoms. The van der Waals surface area contributed by atoms with Gasteiger partial charge in [0.05, 0.1) is 0 Å². The Balaban J connectivity index is 2.93. The average Bonchev–Trinajstić information content (AvgIpc) is 2.11. The van der Waals surface area contributed by atoms with Gasteiger partial charge in [-0.05, 0) is 46.6 Å². The lowest BCUT2D eigenvalue weighted by Crippen LogP contribution is -2.58. The lowest BCUT2D eigenvalue weighted by molar-refractivity contribution is -0.124. The van der Waals surface area contributed by atoms with Crippen molar-refractivity contribution in [3.8, 4) is 0 Å². The maximum absolute atomic E-state index is 12.0. The van der Waals surface area contributed by atoms with Gasteiger partial charge in [0.1, 0.15) is 0 Å². The Kier molecular flexibility index (Phi) is 3.08. The highest BCUT2D eigenvalue weighted by Gasteiger charge is 2.41. The summed E-state index contributed by atoms with van der Waals surface area (Å²) in [6.45, 7) is 11.1. The van der Waals surface area contributed by atoms with E-state index >= 15 is 0 Å². The molecule has 1 rings (SSSR count). The zero-order chi connectivity index (χ0) is 11.9. The molecule has 1 saturated heterocycles. The van der Waals surface area contributed by atoms with Gasteiger partial charge in [-0.1, -0.05) is 6.58 Å². The van der Waals surface area contributed by atoms with Crippen LogP contribution in [0.1, 0.15) is 40.5 Å². The topological polar surface area (TPSA) is 43.4 Å². The predicted octanol–water partition coefficient (Wildman–Crippen LogP) is 2.51. The van der Waals surface area contributed by atoms with Crippen molar-refractivity contribution in [2.75, 3.05) is 0 Å². The first-order valence-corrected chi connectivity index (χ1v) is 5.34. The van der Waals surface area contributed by atoms with Crippen LogP contribution in [0.25, 0.3) is 0 Å². The Hall–Kier alpha value is -0.670. The molecule has 3 nitrogen and oxygen atoms in total. The highest BCUT2D eigenvalue weighted by molar-refractivity contribution is 5.91. The highest BCUT2D eigenvalue weighted by atomic mass is 16.5. The number of ketones is 1. The van der Waals surface area contributed by atoms with Gasteiger partial charge in [-0.15, -0.1) is 0 Å². The summed E-state index contributed by atoms with van der Waals surface area (Å²) < 4.78 is 0. The fourth-order valence-corrected chi connectivity index (χ4v) is 2.63. The highest BCUT2D eigenvalue weighted by Crippen LogP contribution is 2.40. The standard InChI is InChI=1S/C12H20NO2/c1-6-10(14)9-7-11(2,3)13(15)12(4,5)8-9/h6,9H,1,7-8H2,2-5H3/q-1. The van der Waals surface area contributed by atoms with Gasteiger partial charge in [-0.25, -0.2) is 0 Å². The van der Waals surface area contributed by atoms with Crippen molar-refractivity contribution in [2.24, 2.45) is 5.92 Å². The van der Waals surface area contributed by atoms with E-state index in [1.54, 1.807) is 0 Å². The summed E-state index contributed by atoms with van der Waals surface area (Å²) in [6.07, 6.45) is 2.60. The molecule has 0 aliphatic carbocycles. The van der Waals surface area contributed by atoms with Crippen LogP contribution in [0.15, 0.2) is 12.7 Å². The molecule has 0 atom stereocenters. The van der Waals surface area contributed by atoms with Crippen LogP contribution in [0.3, 0.4) is 0 Å². The van der Waals surface area contributed by atoms with Gasteiger partial charge in [0.15, 0.2) is 5.78 Å². The Bertz CT molecular complexity index is 263. The molecule has 0 N–H and O–H groups in total. The SMILES string of the molecule is C=CC(=O)C1CC(C)(C)N([O-])C(C)(C)C1. The minimum atomic E-state index is -0.467. The number of allylic oxidation sites excluding steroid dienone is 1. The summed E-state index contributed by atoms with van der Waals surface area (Å²) in [5.41, 5.74) is -0.934. The molecular formula is C12H20NO2-. The van der Waals surface area contributed by atoms with Crippen molar-refractivity contribution < 1.29 is 4.79 Å². The molecule has 0 aromatic heterocycles. The minimum Gasteiger partial charge on any atom is -0.784 e. The van der Waals surface area contributed by atoms with E-state index in [4.69, 9.17) is 0 Å². The third kappa shape index (κ3) is 2.29. The number of rotatable bonds is 2. The van der Waals surface area contributed by atoms with Crippen molar-refractivity contribution in [1.82, 2.24) is 5.06 Å². The summed E-state index contributed by atoms with van der Waals surface area (Å²) in [6, 6.07) is 0. The first-order valence-electron chi connectivity index (χ1n) is 5.34. The van der Waals surface area contributed by atoms with Crippen LogP contribution in [-0.2, 0) is 4.79 Å². The number of piperidine rings is 1. The third-order valence-electron chi connectivity index (χ3n) is 3.19. The molecule has 86 valence electrons. The molecule has 0 unspecified atom stereocenters. The molecule has 15 heavy (non-hydrogen) atoms. The smallest absolute Gasteiger partial charge is 0.158 e. The van der Waals surface area contributed by atoms with Crippen LogP contribution < -0.4 is 0 Å². The summed E-state index contributed by atoms with van der Waals surface area (Å²) >= 11 is 0. The maximum Gasteiger partial charge on any atom is 0.158 e. The molecule has 1 aliphatic rings. The summed E-state index contributed by atoms with van der Waals surface area (Å²) in [7, 11) is 0. The minimum absolute atomic E-state index is 0.0577. The molecule has 1 aliphatic heterocycles. The van der Waals surface area contributed by atoms with Crippen LogP contribution in [0, 0.1) is 11.1 Å². The zero-order valence-electron chi connectivity index (χ0n) is 10.0. The van der Waals surface area contributed by atoms with Crippen molar-refractivity contribution in [3.05, 3.63) is 17.9 Å². The maximum atomic E-state index is 12.0. The van der Waals surface area contributed by atoms with Crippen molar-refractivity contribution in [1.29, 1.82) is 0 Å². The second-order valence-electron chi connectivity index (χ2n) is 5.63. The van der Waals surface area contributed by atoms with E-state index in [0.717, 1.165) is 5.06 Å². The number of carbonyl (C=O) groups is 1. The third-order valence-corrected chi connectivity index (χ3v) is 3.19. The van der Waals surface area contributed by atoms with Crippen LogP contribution in [0.4, 0.5) is 0 Å². The Morgan fingerprint density at radius 1 is 1.33 bits per heavy atom. The molecule has 0 radical (unpaired) electrons. The van der Waals surface area contributed by atoms with E-state index in [-0.39, 0.29) is 11.7 Å². The molecule has 1 fully saturated rings. The molecule has 0 spiro atoms. The molecule has 0 aromatic carbocycles. The van der Waals surface area contributed by atoms with E-state index in [1.807, 2.05) is 27.7 Å². The molecule has 0 aromatic rings. The monoisotopic (exact) mass is 210 g/mol. The van der Waals surface area contributed by atoms with Gasteiger partial charge < -0.3 is 10.3 Å². The van der Waals surface area contributed by atoms with Gasteiger partial charge in [0.2, 0.25) is 0 Å². The first kappa shape index (κ1) is 12.4. The average molecular weight is 210 g/mol. The number of hydroxylamine groups is 2. The summed E-state index contributed by atoms with van der Waals surface area (Å²) in [5.74, 6) is 0.00181. The molecule has 1 heterocycles. The zero-order valence-corrected chi connectivity index (χ0v) is 10.0. The Labute approximate surface area is 91.7 Å². The molecule has 0 amide bonds. The van der Waals surface area contributed by atoms with Crippen LogP contribution >= 0.6 is 0 Å². The largest absolute Gasteiger partial charge is 0.784 e. The van der Waals surface area contributed by atoms with Crippen LogP contribution in [-0.4, -0.2) is 21.9 Å². The first-order chi connectivity index (χ1) is 6.70. The van der Waals surface area contributed by atoms with Crippen molar-refractivity contribution in [2.45, 2.75) is 51.6 Å².